The Morgan fingerprint density at radius 1 is 0.645 bits per heavy atom. The maximum atomic E-state index is 4.69. The van der Waals surface area contributed by atoms with Crippen molar-refractivity contribution >= 4 is 35.2 Å². The van der Waals surface area contributed by atoms with E-state index in [1.807, 2.05) is 54.6 Å². The van der Waals surface area contributed by atoms with E-state index in [0.717, 1.165) is 38.9 Å². The summed E-state index contributed by atoms with van der Waals surface area (Å²) in [7, 11) is 0. The predicted octanol–water partition coefficient (Wildman–Crippen LogP) is 5.76. The number of nitrogens with zero attached hydrogens (tertiary/aromatic N) is 4. The van der Waals surface area contributed by atoms with Crippen LogP contribution in [0.1, 0.15) is 22.4 Å². The van der Waals surface area contributed by atoms with Crippen LogP contribution in [0.2, 0.25) is 0 Å². The highest BCUT2D eigenvalue weighted by atomic mass is 15.5. The molecule has 0 aliphatic rings. The van der Waals surface area contributed by atoms with Crippen molar-refractivity contribution in [3.8, 4) is 11.4 Å². The number of rotatable bonds is 5. The molecule has 5 aromatic rings. The number of aromatic amines is 1. The lowest BCUT2D eigenvalue weighted by atomic mass is 10.0. The van der Waals surface area contributed by atoms with Gasteiger partial charge < -0.3 is 0 Å². The van der Waals surface area contributed by atoms with Crippen LogP contribution in [0.5, 0.6) is 0 Å². The zero-order valence-corrected chi connectivity index (χ0v) is 16.7. The molecule has 5 heteroatoms. The van der Waals surface area contributed by atoms with E-state index in [-0.39, 0.29) is 0 Å². The van der Waals surface area contributed by atoms with Crippen LogP contribution in [0.3, 0.4) is 0 Å². The molecule has 0 saturated carbocycles. The summed E-state index contributed by atoms with van der Waals surface area (Å²) < 4.78 is 0. The van der Waals surface area contributed by atoms with Gasteiger partial charge in [-0.15, -0.1) is 10.2 Å². The summed E-state index contributed by atoms with van der Waals surface area (Å²) in [6.45, 7) is 0. The first-order valence-electron chi connectivity index (χ1n) is 10.00. The molecule has 0 spiro atoms. The van der Waals surface area contributed by atoms with Gasteiger partial charge in [-0.3, -0.25) is 0 Å². The van der Waals surface area contributed by atoms with E-state index < -0.39 is 0 Å². The normalized spacial score (nSPS) is 11.6. The third-order valence-electron chi connectivity index (χ3n) is 5.01. The number of hydrogen-bond donors (Lipinski definition) is 1. The first-order valence-corrected chi connectivity index (χ1v) is 10.00. The van der Waals surface area contributed by atoms with Crippen LogP contribution in [-0.4, -0.2) is 25.6 Å². The number of H-pyrrole nitrogens is 1. The zero-order valence-electron chi connectivity index (χ0n) is 16.7. The molecule has 3 aromatic carbocycles. The molecule has 0 aliphatic heterocycles. The number of pyridine rings is 1. The monoisotopic (exact) mass is 401 g/mol. The van der Waals surface area contributed by atoms with Gasteiger partial charge in [0, 0.05) is 10.9 Å². The minimum atomic E-state index is 0.586. The average Bonchev–Trinajstić information content (AvgIpc) is 3.37. The summed E-state index contributed by atoms with van der Waals surface area (Å²) >= 11 is 0. The Morgan fingerprint density at radius 3 is 2.19 bits per heavy atom. The van der Waals surface area contributed by atoms with Crippen LogP contribution in [0, 0.1) is 0 Å². The minimum absolute atomic E-state index is 0.586. The van der Waals surface area contributed by atoms with Crippen molar-refractivity contribution in [2.45, 2.75) is 0 Å². The Bertz CT molecular complexity index is 1370. The summed E-state index contributed by atoms with van der Waals surface area (Å²) in [6.07, 6.45) is 8.27. The van der Waals surface area contributed by atoms with Crippen LogP contribution < -0.4 is 0 Å². The van der Waals surface area contributed by atoms with E-state index in [2.05, 4.69) is 80.2 Å². The Kier molecular flexibility index (Phi) is 5.14. The highest BCUT2D eigenvalue weighted by Crippen LogP contribution is 2.21. The van der Waals surface area contributed by atoms with E-state index in [4.69, 9.17) is 0 Å². The van der Waals surface area contributed by atoms with Gasteiger partial charge in [0.1, 0.15) is 0 Å². The molecule has 0 fully saturated rings. The van der Waals surface area contributed by atoms with E-state index >= 15 is 0 Å². The molecule has 31 heavy (non-hydrogen) atoms. The molecule has 0 saturated heterocycles. The molecule has 148 valence electrons. The van der Waals surface area contributed by atoms with Gasteiger partial charge in [0.25, 0.3) is 0 Å². The van der Waals surface area contributed by atoms with Crippen molar-refractivity contribution in [3.05, 3.63) is 107 Å². The number of benzene rings is 3. The van der Waals surface area contributed by atoms with Crippen molar-refractivity contribution in [3.63, 3.8) is 0 Å². The topological polar surface area (TPSA) is 67.3 Å². The van der Waals surface area contributed by atoms with Crippen LogP contribution in [0.15, 0.2) is 84.9 Å². The SMILES string of the molecule is C(=C/c1ccccc1-c1nn[nH]n1)/c1ccc(/C=C/c2ccc3ccccc3n2)cc1. The molecule has 1 N–H and O–H groups in total. The lowest BCUT2D eigenvalue weighted by Gasteiger charge is -2.01. The van der Waals surface area contributed by atoms with Gasteiger partial charge >= 0.3 is 0 Å². The highest BCUT2D eigenvalue weighted by Gasteiger charge is 2.06. The van der Waals surface area contributed by atoms with Gasteiger partial charge in [-0.25, -0.2) is 4.98 Å². The smallest absolute Gasteiger partial charge is 0.205 e. The summed E-state index contributed by atoms with van der Waals surface area (Å²) in [5, 5.41) is 15.5. The standard InChI is InChI=1S/C26H19N5/c1-3-7-24(26-28-30-31-29-26)21(5-1)15-13-19-9-11-20(12-10-19)14-17-23-18-16-22-6-2-4-8-25(22)27-23/h1-18H,(H,28,29,30,31)/b15-13-,17-14+. The van der Waals surface area contributed by atoms with Gasteiger partial charge in [-0.1, -0.05) is 91.0 Å². The third-order valence-corrected chi connectivity index (χ3v) is 5.01. The molecule has 2 aromatic heterocycles. The average molecular weight is 401 g/mol. The fourth-order valence-electron chi connectivity index (χ4n) is 3.38. The fraction of sp³-hybridized carbons (Fsp3) is 0. The molecule has 5 nitrogen and oxygen atoms in total. The number of aromatic nitrogens is 5. The molecular weight excluding hydrogens is 382 g/mol. The Morgan fingerprint density at radius 2 is 1.39 bits per heavy atom. The van der Waals surface area contributed by atoms with E-state index in [9.17, 15) is 0 Å². The number of hydrogen-bond acceptors (Lipinski definition) is 4. The van der Waals surface area contributed by atoms with Crippen molar-refractivity contribution in [2.75, 3.05) is 0 Å². The molecule has 0 radical (unpaired) electrons. The van der Waals surface area contributed by atoms with Gasteiger partial charge in [0.05, 0.1) is 11.2 Å². The highest BCUT2D eigenvalue weighted by molar-refractivity contribution is 5.81. The second-order valence-electron chi connectivity index (χ2n) is 7.08. The summed E-state index contributed by atoms with van der Waals surface area (Å²) in [4.78, 5) is 4.69. The number of nitrogens with one attached hydrogen (secondary N) is 1. The van der Waals surface area contributed by atoms with Crippen LogP contribution >= 0.6 is 0 Å². The second-order valence-corrected chi connectivity index (χ2v) is 7.08. The second kappa shape index (κ2) is 8.55. The van der Waals surface area contributed by atoms with E-state index in [1.165, 1.54) is 0 Å². The van der Waals surface area contributed by atoms with Crippen molar-refractivity contribution in [1.29, 1.82) is 0 Å². The van der Waals surface area contributed by atoms with Crippen molar-refractivity contribution < 1.29 is 0 Å². The molecule has 2 heterocycles. The summed E-state index contributed by atoms with van der Waals surface area (Å²) in [5.41, 5.74) is 6.17. The molecular formula is C26H19N5. The number of para-hydroxylation sites is 1. The Labute approximate surface area is 179 Å². The lowest BCUT2D eigenvalue weighted by Crippen LogP contribution is -1.85. The summed E-state index contributed by atoms with van der Waals surface area (Å²) in [6, 6.07) is 28.7. The van der Waals surface area contributed by atoms with Gasteiger partial charge in [-0.2, -0.15) is 5.21 Å². The van der Waals surface area contributed by atoms with E-state index in [0.29, 0.717) is 5.82 Å². The van der Waals surface area contributed by atoms with Crippen molar-refractivity contribution in [2.24, 2.45) is 0 Å². The van der Waals surface area contributed by atoms with Gasteiger partial charge in [0.2, 0.25) is 5.82 Å². The van der Waals surface area contributed by atoms with Gasteiger partial charge in [0.15, 0.2) is 0 Å². The Hall–Kier alpha value is -4.38. The first-order chi connectivity index (χ1) is 15.3. The fourth-order valence-corrected chi connectivity index (χ4v) is 3.38. The zero-order chi connectivity index (χ0) is 20.9. The lowest BCUT2D eigenvalue weighted by molar-refractivity contribution is 0.881. The summed E-state index contributed by atoms with van der Waals surface area (Å²) in [5.74, 6) is 0.586. The first kappa shape index (κ1) is 18.6. The minimum Gasteiger partial charge on any atom is -0.248 e. The maximum Gasteiger partial charge on any atom is 0.205 e. The number of tetrazole rings is 1. The maximum absolute atomic E-state index is 4.69. The molecule has 0 aliphatic carbocycles. The van der Waals surface area contributed by atoms with Crippen molar-refractivity contribution in [1.82, 2.24) is 25.6 Å². The van der Waals surface area contributed by atoms with Crippen LogP contribution in [0.4, 0.5) is 0 Å². The quantitative estimate of drug-likeness (QED) is 0.381. The van der Waals surface area contributed by atoms with Gasteiger partial charge in [-0.05, 0) is 40.1 Å². The Balaban J connectivity index is 1.32. The molecule has 0 amide bonds. The van der Waals surface area contributed by atoms with Crippen LogP contribution in [0.25, 0.3) is 46.6 Å². The molecule has 5 rings (SSSR count). The van der Waals surface area contributed by atoms with Crippen LogP contribution in [-0.2, 0) is 0 Å². The molecule has 0 atom stereocenters. The third kappa shape index (κ3) is 4.31. The number of fused-ring (bicyclic) bond motifs is 1. The van der Waals surface area contributed by atoms with E-state index in [1.54, 1.807) is 0 Å². The molecule has 0 bridgehead atoms. The predicted molar refractivity (Wildman–Crippen MR) is 126 cm³/mol. The largest absolute Gasteiger partial charge is 0.248 e. The molecule has 0 unspecified atom stereocenters.